The van der Waals surface area contributed by atoms with E-state index in [1.807, 2.05) is 0 Å². The summed E-state index contributed by atoms with van der Waals surface area (Å²) in [6.45, 7) is 3.25. The lowest BCUT2D eigenvalue weighted by Gasteiger charge is -2.12. The third-order valence-electron chi connectivity index (χ3n) is 5.30. The Morgan fingerprint density at radius 1 is 1.03 bits per heavy atom. The highest BCUT2D eigenvalue weighted by atomic mass is 19.1. The van der Waals surface area contributed by atoms with Gasteiger partial charge in [-0.3, -0.25) is 0 Å². The second-order valence-corrected chi connectivity index (χ2v) is 7.42. The van der Waals surface area contributed by atoms with Gasteiger partial charge in [-0.1, -0.05) is 5.21 Å². The zero-order chi connectivity index (χ0) is 25.1. The van der Waals surface area contributed by atoms with Gasteiger partial charge < -0.3 is 23.4 Å². The van der Waals surface area contributed by atoms with E-state index in [9.17, 15) is 9.18 Å². The molecule has 2 heterocycles. The number of ether oxygens (including phenoxy) is 4. The summed E-state index contributed by atoms with van der Waals surface area (Å²) in [6, 6.07) is 9.09. The Bertz CT molecular complexity index is 1340. The van der Waals surface area contributed by atoms with Crippen molar-refractivity contribution in [1.29, 1.82) is 0 Å². The molecule has 0 saturated carbocycles. The summed E-state index contributed by atoms with van der Waals surface area (Å²) >= 11 is 0. The number of rotatable bonds is 8. The van der Waals surface area contributed by atoms with E-state index >= 15 is 0 Å². The smallest absolute Gasteiger partial charge is 0.361 e. The van der Waals surface area contributed by atoms with Crippen LogP contribution in [0.1, 0.15) is 27.6 Å². The monoisotopic (exact) mass is 482 g/mol. The van der Waals surface area contributed by atoms with Gasteiger partial charge in [0.1, 0.15) is 23.9 Å². The lowest BCUT2D eigenvalue weighted by Crippen LogP contribution is -2.09. The second kappa shape index (κ2) is 9.84. The number of aryl methyl sites for hydroxylation is 1. The highest BCUT2D eigenvalue weighted by Gasteiger charge is 2.22. The maximum atomic E-state index is 13.2. The number of oxazole rings is 1. The van der Waals surface area contributed by atoms with Crippen LogP contribution in [0.3, 0.4) is 0 Å². The van der Waals surface area contributed by atoms with E-state index in [2.05, 4.69) is 15.3 Å². The SMILES string of the molecule is COc1cc(-c2nc(COC(=O)c3nnn(-c4ccc(F)cc4)c3C)c(C)o2)cc(OC)c1OC. The molecule has 0 amide bonds. The fourth-order valence-electron chi connectivity index (χ4n) is 3.44. The molecule has 4 aromatic rings. The van der Waals surface area contributed by atoms with Gasteiger partial charge in [0.25, 0.3) is 0 Å². The van der Waals surface area contributed by atoms with Crippen LogP contribution in [0, 0.1) is 19.7 Å². The molecule has 0 aliphatic rings. The van der Waals surface area contributed by atoms with Crippen LogP contribution in [0.25, 0.3) is 17.1 Å². The van der Waals surface area contributed by atoms with Gasteiger partial charge in [-0.25, -0.2) is 18.9 Å². The van der Waals surface area contributed by atoms with Crippen LogP contribution in [0.2, 0.25) is 0 Å². The minimum absolute atomic E-state index is 0.0420. The standard InChI is InChI=1S/C24H23FN4O6/c1-13-21(27-28-29(13)17-8-6-16(25)7-9-17)24(30)34-12-18-14(2)35-23(26-18)15-10-19(31-3)22(33-5)20(11-15)32-4/h6-11H,12H2,1-5H3. The molecule has 2 aromatic carbocycles. The molecule has 0 aliphatic heterocycles. The van der Waals surface area contributed by atoms with Crippen LogP contribution >= 0.6 is 0 Å². The third kappa shape index (κ3) is 4.65. The minimum atomic E-state index is -0.674. The Morgan fingerprint density at radius 2 is 1.69 bits per heavy atom. The third-order valence-corrected chi connectivity index (χ3v) is 5.30. The van der Waals surface area contributed by atoms with Crippen LogP contribution < -0.4 is 14.2 Å². The molecule has 0 radical (unpaired) electrons. The molecule has 2 aromatic heterocycles. The number of methoxy groups -OCH3 is 3. The number of carbonyl (C=O) groups excluding carboxylic acids is 1. The molecule has 0 atom stereocenters. The zero-order valence-electron chi connectivity index (χ0n) is 19.8. The van der Waals surface area contributed by atoms with Gasteiger partial charge in [-0.05, 0) is 50.2 Å². The summed E-state index contributed by atoms with van der Waals surface area (Å²) in [5.41, 5.74) is 2.10. The van der Waals surface area contributed by atoms with Gasteiger partial charge in [0.15, 0.2) is 17.2 Å². The Morgan fingerprint density at radius 3 is 2.29 bits per heavy atom. The van der Waals surface area contributed by atoms with E-state index in [0.29, 0.717) is 51.5 Å². The molecule has 0 unspecified atom stereocenters. The Labute approximate surface area is 200 Å². The van der Waals surface area contributed by atoms with Crippen molar-refractivity contribution in [3.05, 3.63) is 65.1 Å². The van der Waals surface area contributed by atoms with Crippen molar-refractivity contribution < 1.29 is 32.5 Å². The number of esters is 1. The van der Waals surface area contributed by atoms with Gasteiger partial charge in [0, 0.05) is 5.56 Å². The van der Waals surface area contributed by atoms with E-state index < -0.39 is 5.97 Å². The van der Waals surface area contributed by atoms with Crippen molar-refractivity contribution in [1.82, 2.24) is 20.0 Å². The van der Waals surface area contributed by atoms with Crippen molar-refractivity contribution >= 4 is 5.97 Å². The fourth-order valence-corrected chi connectivity index (χ4v) is 3.44. The largest absolute Gasteiger partial charge is 0.493 e. The molecule has 0 fully saturated rings. The van der Waals surface area contributed by atoms with E-state index in [0.717, 1.165) is 0 Å². The Balaban J connectivity index is 1.52. The first-order chi connectivity index (χ1) is 16.9. The van der Waals surface area contributed by atoms with Crippen LogP contribution in [0.5, 0.6) is 17.2 Å². The second-order valence-electron chi connectivity index (χ2n) is 7.42. The summed E-state index contributed by atoms with van der Waals surface area (Å²) < 4.78 is 41.9. The number of carbonyl (C=O) groups is 1. The van der Waals surface area contributed by atoms with Crippen molar-refractivity contribution in [2.75, 3.05) is 21.3 Å². The lowest BCUT2D eigenvalue weighted by atomic mass is 10.2. The van der Waals surface area contributed by atoms with Crippen LogP contribution in [-0.2, 0) is 11.3 Å². The maximum Gasteiger partial charge on any atom is 0.361 e. The number of hydrogen-bond acceptors (Lipinski definition) is 9. The highest BCUT2D eigenvalue weighted by Crippen LogP contribution is 2.41. The maximum absolute atomic E-state index is 13.2. The molecular weight excluding hydrogens is 459 g/mol. The number of aromatic nitrogens is 4. The predicted octanol–water partition coefficient (Wildman–Crippen LogP) is 4.06. The first-order valence-corrected chi connectivity index (χ1v) is 10.5. The van der Waals surface area contributed by atoms with Gasteiger partial charge >= 0.3 is 5.97 Å². The van der Waals surface area contributed by atoms with Gasteiger partial charge in [-0.15, -0.1) is 5.10 Å². The summed E-state index contributed by atoms with van der Waals surface area (Å²) in [7, 11) is 4.55. The first kappa shape index (κ1) is 23.7. The summed E-state index contributed by atoms with van der Waals surface area (Å²) in [5, 5.41) is 7.89. The van der Waals surface area contributed by atoms with E-state index in [1.165, 1.54) is 50.3 Å². The van der Waals surface area contributed by atoms with E-state index in [1.54, 1.807) is 26.0 Å². The van der Waals surface area contributed by atoms with Gasteiger partial charge in [0.05, 0.1) is 32.7 Å². The van der Waals surface area contributed by atoms with Crippen molar-refractivity contribution in [2.45, 2.75) is 20.5 Å². The molecule has 0 N–H and O–H groups in total. The van der Waals surface area contributed by atoms with E-state index in [4.69, 9.17) is 23.4 Å². The normalized spacial score (nSPS) is 10.8. The topological polar surface area (TPSA) is 111 Å². The predicted molar refractivity (Wildman–Crippen MR) is 122 cm³/mol. The number of halogens is 1. The molecule has 35 heavy (non-hydrogen) atoms. The molecule has 10 nitrogen and oxygen atoms in total. The average molecular weight is 482 g/mol. The Hall–Kier alpha value is -4.41. The molecule has 0 bridgehead atoms. The molecule has 0 aliphatic carbocycles. The fraction of sp³-hybridized carbons (Fsp3) is 0.250. The number of benzene rings is 2. The number of hydrogen-bond donors (Lipinski definition) is 0. The highest BCUT2D eigenvalue weighted by molar-refractivity contribution is 5.88. The van der Waals surface area contributed by atoms with Gasteiger partial charge in [0.2, 0.25) is 11.6 Å². The Kier molecular flexibility index (Phi) is 6.67. The average Bonchev–Trinajstić information content (AvgIpc) is 3.44. The summed E-state index contributed by atoms with van der Waals surface area (Å²) in [5.74, 6) is 1.07. The lowest BCUT2D eigenvalue weighted by molar-refractivity contribution is 0.0459. The van der Waals surface area contributed by atoms with Crippen LogP contribution in [0.15, 0.2) is 40.8 Å². The molecular formula is C24H23FN4O6. The summed E-state index contributed by atoms with van der Waals surface area (Å²) in [6.07, 6.45) is 0. The van der Waals surface area contributed by atoms with Crippen molar-refractivity contribution in [3.8, 4) is 34.4 Å². The van der Waals surface area contributed by atoms with E-state index in [-0.39, 0.29) is 18.1 Å². The van der Waals surface area contributed by atoms with Crippen molar-refractivity contribution in [2.24, 2.45) is 0 Å². The van der Waals surface area contributed by atoms with Crippen molar-refractivity contribution in [3.63, 3.8) is 0 Å². The molecule has 0 spiro atoms. The van der Waals surface area contributed by atoms with Crippen LogP contribution in [-0.4, -0.2) is 47.3 Å². The molecule has 11 heteroatoms. The molecule has 0 saturated heterocycles. The first-order valence-electron chi connectivity index (χ1n) is 10.5. The van der Waals surface area contributed by atoms with Crippen LogP contribution in [0.4, 0.5) is 4.39 Å². The molecule has 182 valence electrons. The quantitative estimate of drug-likeness (QED) is 0.343. The van der Waals surface area contributed by atoms with Gasteiger partial charge in [-0.2, -0.15) is 0 Å². The minimum Gasteiger partial charge on any atom is -0.493 e. The molecule has 4 rings (SSSR count). The zero-order valence-corrected chi connectivity index (χ0v) is 19.8. The summed E-state index contributed by atoms with van der Waals surface area (Å²) in [4.78, 5) is 17.1. The number of nitrogens with zero attached hydrogens (tertiary/aromatic N) is 4.